The maximum Gasteiger partial charge on any atom is 0.291 e. The van der Waals surface area contributed by atoms with Gasteiger partial charge in [-0.1, -0.05) is 6.07 Å². The third-order valence-corrected chi connectivity index (χ3v) is 3.70. The van der Waals surface area contributed by atoms with Gasteiger partial charge in [-0.05, 0) is 46.3 Å². The van der Waals surface area contributed by atoms with Crippen LogP contribution in [0.2, 0.25) is 0 Å². The number of hydrogen-bond acceptors (Lipinski definition) is 4. The van der Waals surface area contributed by atoms with Crippen molar-refractivity contribution in [1.82, 2.24) is 0 Å². The van der Waals surface area contributed by atoms with Crippen molar-refractivity contribution in [1.29, 1.82) is 0 Å². The molecule has 2 aromatic rings. The number of nitrogens with one attached hydrogen (secondary N) is 1. The van der Waals surface area contributed by atoms with Crippen molar-refractivity contribution in [3.8, 4) is 0 Å². The van der Waals surface area contributed by atoms with Crippen LogP contribution in [0.1, 0.15) is 10.6 Å². The van der Waals surface area contributed by atoms with E-state index in [0.29, 0.717) is 4.67 Å². The minimum atomic E-state index is -0.264. The summed E-state index contributed by atoms with van der Waals surface area (Å²) in [6, 6.07) is 11.1. The van der Waals surface area contributed by atoms with Gasteiger partial charge >= 0.3 is 0 Å². The van der Waals surface area contributed by atoms with Crippen molar-refractivity contribution in [3.63, 3.8) is 0 Å². The number of furan rings is 1. The van der Waals surface area contributed by atoms with Crippen LogP contribution in [0.25, 0.3) is 0 Å². The lowest BCUT2D eigenvalue weighted by Crippen LogP contribution is -2.36. The number of halogens is 1. The average molecular weight is 351 g/mol. The second kappa shape index (κ2) is 6.32. The predicted octanol–water partition coefficient (Wildman–Crippen LogP) is 3.13. The second-order valence-corrected chi connectivity index (χ2v) is 5.49. The molecule has 0 unspecified atom stereocenters. The summed E-state index contributed by atoms with van der Waals surface area (Å²) >= 11 is 3.18. The van der Waals surface area contributed by atoms with Crippen LogP contribution < -0.4 is 10.2 Å². The van der Waals surface area contributed by atoms with Crippen molar-refractivity contribution < 1.29 is 13.9 Å². The summed E-state index contributed by atoms with van der Waals surface area (Å²) in [5.41, 5.74) is 1.83. The van der Waals surface area contributed by atoms with E-state index in [9.17, 15) is 4.79 Å². The smallest absolute Gasteiger partial charge is 0.291 e. The molecule has 2 heterocycles. The molecule has 0 spiro atoms. The number of carbonyl (C=O) groups excluding carboxylic acids is 1. The number of benzene rings is 1. The van der Waals surface area contributed by atoms with Gasteiger partial charge in [0.1, 0.15) is 0 Å². The Hall–Kier alpha value is -1.79. The molecular formula is C15H15BrN2O3. The molecule has 1 amide bonds. The zero-order chi connectivity index (χ0) is 14.7. The molecule has 0 bridgehead atoms. The summed E-state index contributed by atoms with van der Waals surface area (Å²) in [7, 11) is 0. The van der Waals surface area contributed by atoms with Crippen LogP contribution in [0.3, 0.4) is 0 Å². The number of nitrogens with zero attached hydrogens (tertiary/aromatic N) is 1. The maximum atomic E-state index is 12.1. The van der Waals surface area contributed by atoms with Crippen LogP contribution in [0.4, 0.5) is 11.4 Å². The van der Waals surface area contributed by atoms with Crippen molar-refractivity contribution in [2.75, 3.05) is 36.5 Å². The fraction of sp³-hybridized carbons (Fsp3) is 0.267. The first-order chi connectivity index (χ1) is 10.2. The number of hydrogen-bond donors (Lipinski definition) is 1. The van der Waals surface area contributed by atoms with Crippen molar-refractivity contribution in [2.24, 2.45) is 0 Å². The van der Waals surface area contributed by atoms with E-state index in [2.05, 4.69) is 26.1 Å². The van der Waals surface area contributed by atoms with E-state index in [1.54, 1.807) is 12.1 Å². The molecule has 0 atom stereocenters. The van der Waals surface area contributed by atoms with Crippen LogP contribution >= 0.6 is 15.9 Å². The summed E-state index contributed by atoms with van der Waals surface area (Å²) in [5, 5.41) is 2.84. The summed E-state index contributed by atoms with van der Waals surface area (Å²) < 4.78 is 11.1. The number of anilines is 2. The zero-order valence-electron chi connectivity index (χ0n) is 11.3. The summed E-state index contributed by atoms with van der Waals surface area (Å²) in [5.74, 6) is 0.0125. The monoisotopic (exact) mass is 350 g/mol. The lowest BCUT2D eigenvalue weighted by atomic mass is 10.2. The lowest BCUT2D eigenvalue weighted by Gasteiger charge is -2.29. The summed E-state index contributed by atoms with van der Waals surface area (Å²) in [6.07, 6.45) is 0. The topological polar surface area (TPSA) is 54.7 Å². The molecule has 0 radical (unpaired) electrons. The maximum absolute atomic E-state index is 12.1. The Labute approximate surface area is 131 Å². The summed E-state index contributed by atoms with van der Waals surface area (Å²) in [6.45, 7) is 3.19. The molecule has 1 N–H and O–H groups in total. The fourth-order valence-electron chi connectivity index (χ4n) is 2.23. The van der Waals surface area contributed by atoms with E-state index < -0.39 is 0 Å². The Kier molecular flexibility index (Phi) is 4.26. The first-order valence-corrected chi connectivity index (χ1v) is 7.51. The first-order valence-electron chi connectivity index (χ1n) is 6.72. The molecular weight excluding hydrogens is 336 g/mol. The average Bonchev–Trinajstić information content (AvgIpc) is 2.95. The number of carbonyl (C=O) groups is 1. The molecule has 1 aliphatic heterocycles. The highest BCUT2D eigenvalue weighted by Gasteiger charge is 2.13. The zero-order valence-corrected chi connectivity index (χ0v) is 12.9. The Balaban J connectivity index is 1.72. The van der Waals surface area contributed by atoms with Crippen LogP contribution in [0, 0.1) is 0 Å². The lowest BCUT2D eigenvalue weighted by molar-refractivity contribution is 0.0995. The van der Waals surface area contributed by atoms with Crippen LogP contribution in [0.5, 0.6) is 0 Å². The van der Waals surface area contributed by atoms with E-state index in [0.717, 1.165) is 37.7 Å². The molecule has 1 aliphatic rings. The van der Waals surface area contributed by atoms with E-state index in [1.807, 2.05) is 24.3 Å². The summed E-state index contributed by atoms with van der Waals surface area (Å²) in [4.78, 5) is 14.3. The number of rotatable bonds is 3. The third-order valence-electron chi connectivity index (χ3n) is 3.28. The van der Waals surface area contributed by atoms with Gasteiger partial charge in [-0.3, -0.25) is 4.79 Å². The standard InChI is InChI=1S/C15H15BrN2O3/c16-14-5-4-13(21-14)15(19)17-11-2-1-3-12(10-11)18-6-8-20-9-7-18/h1-5,10H,6-9H2,(H,17,19). The molecule has 0 saturated carbocycles. The van der Waals surface area contributed by atoms with Gasteiger partial charge in [0.2, 0.25) is 0 Å². The number of ether oxygens (including phenoxy) is 1. The molecule has 110 valence electrons. The van der Waals surface area contributed by atoms with E-state index in [1.165, 1.54) is 0 Å². The largest absolute Gasteiger partial charge is 0.444 e. The molecule has 5 nitrogen and oxygen atoms in total. The highest BCUT2D eigenvalue weighted by atomic mass is 79.9. The minimum absolute atomic E-state index is 0.264. The highest BCUT2D eigenvalue weighted by Crippen LogP contribution is 2.21. The molecule has 6 heteroatoms. The van der Waals surface area contributed by atoms with Gasteiger partial charge in [-0.25, -0.2) is 0 Å². The van der Waals surface area contributed by atoms with Crippen LogP contribution in [0.15, 0.2) is 45.5 Å². The van der Waals surface area contributed by atoms with E-state index in [4.69, 9.17) is 9.15 Å². The molecule has 0 aliphatic carbocycles. The Morgan fingerprint density at radius 2 is 2.00 bits per heavy atom. The molecule has 1 aromatic carbocycles. The number of amides is 1. The quantitative estimate of drug-likeness (QED) is 0.923. The van der Waals surface area contributed by atoms with Crippen molar-refractivity contribution in [2.45, 2.75) is 0 Å². The Bertz CT molecular complexity index is 635. The molecule has 21 heavy (non-hydrogen) atoms. The highest BCUT2D eigenvalue weighted by molar-refractivity contribution is 9.10. The molecule has 1 aromatic heterocycles. The van der Waals surface area contributed by atoms with Crippen molar-refractivity contribution >= 4 is 33.2 Å². The van der Waals surface area contributed by atoms with Gasteiger partial charge in [0.15, 0.2) is 10.4 Å². The fourth-order valence-corrected chi connectivity index (χ4v) is 2.54. The molecule has 3 rings (SSSR count). The van der Waals surface area contributed by atoms with Gasteiger partial charge in [-0.2, -0.15) is 0 Å². The predicted molar refractivity (Wildman–Crippen MR) is 83.8 cm³/mol. The molecule has 1 saturated heterocycles. The molecule has 1 fully saturated rings. The van der Waals surface area contributed by atoms with Gasteiger partial charge in [0.05, 0.1) is 13.2 Å². The Morgan fingerprint density at radius 3 is 2.71 bits per heavy atom. The van der Waals surface area contributed by atoms with Gasteiger partial charge in [0, 0.05) is 24.5 Å². The van der Waals surface area contributed by atoms with Gasteiger partial charge in [0.25, 0.3) is 5.91 Å². The van der Waals surface area contributed by atoms with Crippen LogP contribution in [-0.4, -0.2) is 32.2 Å². The van der Waals surface area contributed by atoms with Gasteiger partial charge in [-0.15, -0.1) is 0 Å². The Morgan fingerprint density at radius 1 is 1.19 bits per heavy atom. The second-order valence-electron chi connectivity index (χ2n) is 4.71. The number of morpholine rings is 1. The van der Waals surface area contributed by atoms with Crippen LogP contribution in [-0.2, 0) is 4.74 Å². The van der Waals surface area contributed by atoms with E-state index in [-0.39, 0.29) is 11.7 Å². The third kappa shape index (κ3) is 3.46. The minimum Gasteiger partial charge on any atom is -0.444 e. The normalized spacial score (nSPS) is 15.0. The van der Waals surface area contributed by atoms with E-state index >= 15 is 0 Å². The van der Waals surface area contributed by atoms with Gasteiger partial charge < -0.3 is 19.4 Å². The SMILES string of the molecule is O=C(Nc1cccc(N2CCOCC2)c1)c1ccc(Br)o1. The van der Waals surface area contributed by atoms with Crippen molar-refractivity contribution in [3.05, 3.63) is 46.8 Å². The first kappa shape index (κ1) is 14.2.